The predicted molar refractivity (Wildman–Crippen MR) is 54.1 cm³/mol. The number of hydrogen-bond donors (Lipinski definition) is 1. The molecule has 1 aromatic heterocycles. The fourth-order valence-corrected chi connectivity index (χ4v) is 1.95. The van der Waals surface area contributed by atoms with Crippen molar-refractivity contribution in [2.75, 3.05) is 20.1 Å². The lowest BCUT2D eigenvalue weighted by Gasteiger charge is -2.36. The van der Waals surface area contributed by atoms with Crippen LogP contribution < -0.4 is 0 Å². The van der Waals surface area contributed by atoms with Crippen LogP contribution in [-0.4, -0.2) is 35.7 Å². The largest absolute Gasteiger partial charge is 0.469 e. The van der Waals surface area contributed by atoms with Gasteiger partial charge in [0.1, 0.15) is 5.76 Å². The summed E-state index contributed by atoms with van der Waals surface area (Å²) in [5.74, 6) is 0.886. The summed E-state index contributed by atoms with van der Waals surface area (Å²) >= 11 is 0. The molecule has 14 heavy (non-hydrogen) atoms. The molecule has 0 atom stereocenters. The van der Waals surface area contributed by atoms with Crippen LogP contribution in [0.4, 0.5) is 0 Å². The molecule has 0 spiro atoms. The Kier molecular flexibility index (Phi) is 2.61. The molecular weight excluding hydrogens is 178 g/mol. The molecule has 0 radical (unpaired) electrons. The number of hydrogen-bond acceptors (Lipinski definition) is 3. The Morgan fingerprint density at radius 1 is 1.50 bits per heavy atom. The highest BCUT2D eigenvalue weighted by Gasteiger charge is 2.31. The van der Waals surface area contributed by atoms with Crippen LogP contribution in [0.3, 0.4) is 0 Å². The summed E-state index contributed by atoms with van der Waals surface area (Å²) in [7, 11) is 2.09. The summed E-state index contributed by atoms with van der Waals surface area (Å²) in [5, 5.41) is 10.3. The highest BCUT2D eigenvalue weighted by atomic mass is 16.3. The Morgan fingerprint density at radius 2 is 2.21 bits per heavy atom. The van der Waals surface area contributed by atoms with E-state index in [1.165, 1.54) is 0 Å². The van der Waals surface area contributed by atoms with E-state index in [0.717, 1.165) is 31.7 Å². The van der Waals surface area contributed by atoms with Crippen molar-refractivity contribution in [2.45, 2.75) is 24.9 Å². The zero-order valence-electron chi connectivity index (χ0n) is 8.57. The highest BCUT2D eigenvalue weighted by molar-refractivity contribution is 5.04. The van der Waals surface area contributed by atoms with Crippen molar-refractivity contribution in [1.29, 1.82) is 0 Å². The maximum atomic E-state index is 10.3. The lowest BCUT2D eigenvalue weighted by atomic mass is 9.87. The van der Waals surface area contributed by atoms with Crippen molar-refractivity contribution in [3.8, 4) is 0 Å². The first-order valence-corrected chi connectivity index (χ1v) is 5.11. The van der Waals surface area contributed by atoms with Gasteiger partial charge >= 0.3 is 0 Å². The van der Waals surface area contributed by atoms with Crippen LogP contribution in [0.5, 0.6) is 0 Å². The summed E-state index contributed by atoms with van der Waals surface area (Å²) in [5.41, 5.74) is -0.551. The lowest BCUT2D eigenvalue weighted by molar-refractivity contribution is -0.0185. The smallest absolute Gasteiger partial charge is 0.106 e. The van der Waals surface area contributed by atoms with Crippen LogP contribution in [-0.2, 0) is 6.42 Å². The van der Waals surface area contributed by atoms with Gasteiger partial charge in [-0.25, -0.2) is 0 Å². The van der Waals surface area contributed by atoms with Crippen LogP contribution in [0.2, 0.25) is 0 Å². The molecule has 3 heteroatoms. The molecule has 0 amide bonds. The molecule has 78 valence electrons. The van der Waals surface area contributed by atoms with Crippen molar-refractivity contribution < 1.29 is 9.52 Å². The van der Waals surface area contributed by atoms with Crippen LogP contribution in [0, 0.1) is 0 Å². The van der Waals surface area contributed by atoms with Crippen LogP contribution >= 0.6 is 0 Å². The van der Waals surface area contributed by atoms with E-state index >= 15 is 0 Å². The Bertz CT molecular complexity index is 273. The molecular formula is C11H17NO2. The molecule has 1 aliphatic heterocycles. The van der Waals surface area contributed by atoms with Crippen molar-refractivity contribution in [1.82, 2.24) is 4.90 Å². The monoisotopic (exact) mass is 195 g/mol. The van der Waals surface area contributed by atoms with E-state index in [1.807, 2.05) is 12.1 Å². The van der Waals surface area contributed by atoms with Gasteiger partial charge in [-0.3, -0.25) is 0 Å². The normalized spacial score (nSPS) is 22.4. The number of likely N-dealkylation sites (tertiary alicyclic amines) is 1. The Hall–Kier alpha value is -0.800. The van der Waals surface area contributed by atoms with Gasteiger partial charge in [0, 0.05) is 19.5 Å². The molecule has 1 N–H and O–H groups in total. The number of rotatable bonds is 2. The molecule has 2 heterocycles. The molecule has 1 saturated heterocycles. The van der Waals surface area contributed by atoms with Crippen molar-refractivity contribution in [3.63, 3.8) is 0 Å². The van der Waals surface area contributed by atoms with Gasteiger partial charge in [0.05, 0.1) is 11.9 Å². The second kappa shape index (κ2) is 3.75. The maximum absolute atomic E-state index is 10.3. The highest BCUT2D eigenvalue weighted by Crippen LogP contribution is 2.25. The first-order valence-electron chi connectivity index (χ1n) is 5.11. The zero-order chi connectivity index (χ0) is 10.0. The Balaban J connectivity index is 1.96. The van der Waals surface area contributed by atoms with Gasteiger partial charge in [-0.15, -0.1) is 0 Å². The third-order valence-electron chi connectivity index (χ3n) is 3.00. The fraction of sp³-hybridized carbons (Fsp3) is 0.636. The predicted octanol–water partition coefficient (Wildman–Crippen LogP) is 1.28. The fourth-order valence-electron chi connectivity index (χ4n) is 1.95. The summed E-state index contributed by atoms with van der Waals surface area (Å²) in [6.45, 7) is 1.94. The molecule has 1 aliphatic rings. The molecule has 1 fully saturated rings. The van der Waals surface area contributed by atoms with Crippen molar-refractivity contribution in [2.24, 2.45) is 0 Å². The second-order valence-corrected chi connectivity index (χ2v) is 4.28. The average molecular weight is 195 g/mol. The summed E-state index contributed by atoms with van der Waals surface area (Å²) in [4.78, 5) is 2.25. The molecule has 0 bridgehead atoms. The Morgan fingerprint density at radius 3 is 2.79 bits per heavy atom. The lowest BCUT2D eigenvalue weighted by Crippen LogP contribution is -2.44. The molecule has 2 rings (SSSR count). The number of furan rings is 1. The van der Waals surface area contributed by atoms with E-state index in [0.29, 0.717) is 6.42 Å². The molecule has 0 unspecified atom stereocenters. The van der Waals surface area contributed by atoms with Gasteiger partial charge in [0.2, 0.25) is 0 Å². The first kappa shape index (κ1) is 9.74. The van der Waals surface area contributed by atoms with E-state index in [1.54, 1.807) is 6.26 Å². The zero-order valence-corrected chi connectivity index (χ0v) is 8.57. The number of nitrogens with zero attached hydrogens (tertiary/aromatic N) is 1. The van der Waals surface area contributed by atoms with E-state index in [2.05, 4.69) is 11.9 Å². The van der Waals surface area contributed by atoms with Gasteiger partial charge in [-0.05, 0) is 32.0 Å². The van der Waals surface area contributed by atoms with Crippen molar-refractivity contribution >= 4 is 0 Å². The van der Waals surface area contributed by atoms with Gasteiger partial charge in [-0.1, -0.05) is 0 Å². The molecule has 0 saturated carbocycles. The molecule has 0 aliphatic carbocycles. The van der Waals surface area contributed by atoms with Crippen LogP contribution in [0.15, 0.2) is 22.8 Å². The maximum Gasteiger partial charge on any atom is 0.106 e. The second-order valence-electron chi connectivity index (χ2n) is 4.28. The minimum absolute atomic E-state index is 0.551. The Labute approximate surface area is 84.3 Å². The van der Waals surface area contributed by atoms with Crippen molar-refractivity contribution in [3.05, 3.63) is 24.2 Å². The average Bonchev–Trinajstić information content (AvgIpc) is 2.63. The summed E-state index contributed by atoms with van der Waals surface area (Å²) in [6, 6.07) is 3.80. The standard InChI is InChI=1S/C11H17NO2/c1-12-6-4-11(13,5-7-12)9-10-3-2-8-14-10/h2-3,8,13H,4-7,9H2,1H3. The minimum Gasteiger partial charge on any atom is -0.469 e. The summed E-state index contributed by atoms with van der Waals surface area (Å²) in [6.07, 6.45) is 3.98. The number of piperidine rings is 1. The quantitative estimate of drug-likeness (QED) is 0.772. The van der Waals surface area contributed by atoms with Gasteiger partial charge in [-0.2, -0.15) is 0 Å². The molecule has 1 aromatic rings. The molecule has 0 aromatic carbocycles. The van der Waals surface area contributed by atoms with E-state index in [-0.39, 0.29) is 0 Å². The molecule has 3 nitrogen and oxygen atoms in total. The topological polar surface area (TPSA) is 36.6 Å². The summed E-state index contributed by atoms with van der Waals surface area (Å²) < 4.78 is 5.25. The van der Waals surface area contributed by atoms with E-state index in [4.69, 9.17) is 4.42 Å². The first-order chi connectivity index (χ1) is 6.68. The SMILES string of the molecule is CN1CCC(O)(Cc2ccco2)CC1. The van der Waals surface area contributed by atoms with E-state index in [9.17, 15) is 5.11 Å². The third kappa shape index (κ3) is 2.16. The van der Waals surface area contributed by atoms with Gasteiger partial charge in [0.15, 0.2) is 0 Å². The number of aliphatic hydroxyl groups is 1. The van der Waals surface area contributed by atoms with Crippen LogP contribution in [0.1, 0.15) is 18.6 Å². The van der Waals surface area contributed by atoms with Crippen LogP contribution in [0.25, 0.3) is 0 Å². The third-order valence-corrected chi connectivity index (χ3v) is 3.00. The minimum atomic E-state index is -0.551. The van der Waals surface area contributed by atoms with E-state index < -0.39 is 5.60 Å². The van der Waals surface area contributed by atoms with Gasteiger partial charge < -0.3 is 14.4 Å². The van der Waals surface area contributed by atoms with Gasteiger partial charge in [0.25, 0.3) is 0 Å².